The molecule has 1 unspecified atom stereocenters. The monoisotopic (exact) mass is 319 g/mol. The van der Waals surface area contributed by atoms with Gasteiger partial charge in [-0.15, -0.1) is 11.8 Å². The van der Waals surface area contributed by atoms with E-state index in [0.717, 1.165) is 17.2 Å². The molecule has 1 nitrogen and oxygen atoms in total. The first-order valence-electron chi connectivity index (χ1n) is 7.16. The highest BCUT2D eigenvalue weighted by Crippen LogP contribution is 2.24. The van der Waals surface area contributed by atoms with Crippen LogP contribution >= 0.6 is 23.4 Å². The van der Waals surface area contributed by atoms with Gasteiger partial charge in [0, 0.05) is 21.7 Å². The summed E-state index contributed by atoms with van der Waals surface area (Å²) in [5, 5.41) is 0.777. The fourth-order valence-electron chi connectivity index (χ4n) is 2.61. The Labute approximate surface area is 136 Å². The van der Waals surface area contributed by atoms with Crippen LogP contribution in [0.2, 0.25) is 5.02 Å². The summed E-state index contributed by atoms with van der Waals surface area (Å²) in [5.74, 6) is 0.896. The molecule has 0 bridgehead atoms. The van der Waals surface area contributed by atoms with E-state index in [2.05, 4.69) is 39.0 Å². The largest absolute Gasteiger partial charge is 0.327 e. The highest BCUT2D eigenvalue weighted by molar-refractivity contribution is 7.99. The molecule has 0 spiro atoms. The summed E-state index contributed by atoms with van der Waals surface area (Å²) < 4.78 is 0. The van der Waals surface area contributed by atoms with Crippen molar-refractivity contribution in [3.63, 3.8) is 0 Å². The van der Waals surface area contributed by atoms with Crippen molar-refractivity contribution in [1.82, 2.24) is 0 Å². The second-order valence-corrected chi connectivity index (χ2v) is 7.14. The van der Waals surface area contributed by atoms with Gasteiger partial charge in [-0.3, -0.25) is 0 Å². The third kappa shape index (κ3) is 4.77. The first-order chi connectivity index (χ1) is 9.95. The van der Waals surface area contributed by atoms with Crippen molar-refractivity contribution in [2.45, 2.75) is 38.1 Å². The smallest absolute Gasteiger partial charge is 0.0417 e. The second-order valence-electron chi connectivity index (χ2n) is 5.61. The maximum atomic E-state index is 6.31. The Morgan fingerprint density at radius 3 is 2.38 bits per heavy atom. The van der Waals surface area contributed by atoms with Crippen LogP contribution in [0.4, 0.5) is 0 Å². The second kappa shape index (κ2) is 7.35. The summed E-state index contributed by atoms with van der Waals surface area (Å²) in [5.41, 5.74) is 11.7. The predicted octanol–water partition coefficient (Wildman–Crippen LogP) is 4.93. The number of rotatable bonds is 5. The number of hydrogen-bond acceptors (Lipinski definition) is 2. The number of thioether (sulfide) groups is 1. The molecule has 0 aliphatic rings. The average molecular weight is 320 g/mol. The molecule has 0 aliphatic carbocycles. The Hall–Kier alpha value is -0.960. The molecule has 112 valence electrons. The predicted molar refractivity (Wildman–Crippen MR) is 94.5 cm³/mol. The maximum absolute atomic E-state index is 6.31. The molecule has 3 heteroatoms. The lowest BCUT2D eigenvalue weighted by molar-refractivity contribution is 0.741. The van der Waals surface area contributed by atoms with E-state index in [1.165, 1.54) is 27.1 Å². The SMILES string of the molecule is Cc1cc(C)c(CC(N)CSc2cccc(Cl)c2)c(C)c1. The van der Waals surface area contributed by atoms with Crippen molar-refractivity contribution < 1.29 is 0 Å². The number of benzene rings is 2. The number of aryl methyl sites for hydroxylation is 3. The Morgan fingerprint density at radius 2 is 1.76 bits per heavy atom. The van der Waals surface area contributed by atoms with Crippen LogP contribution in [0.1, 0.15) is 22.3 Å². The van der Waals surface area contributed by atoms with Crippen molar-refractivity contribution in [2.24, 2.45) is 5.73 Å². The van der Waals surface area contributed by atoms with Crippen molar-refractivity contribution in [1.29, 1.82) is 0 Å². The molecular formula is C18H22ClNS. The van der Waals surface area contributed by atoms with E-state index in [1.54, 1.807) is 11.8 Å². The Morgan fingerprint density at radius 1 is 1.10 bits per heavy atom. The molecular weight excluding hydrogens is 298 g/mol. The van der Waals surface area contributed by atoms with E-state index in [9.17, 15) is 0 Å². The van der Waals surface area contributed by atoms with Crippen LogP contribution in [0, 0.1) is 20.8 Å². The van der Waals surface area contributed by atoms with Crippen LogP contribution < -0.4 is 5.73 Å². The minimum absolute atomic E-state index is 0.147. The van der Waals surface area contributed by atoms with Gasteiger partial charge in [-0.1, -0.05) is 35.4 Å². The molecule has 21 heavy (non-hydrogen) atoms. The average Bonchev–Trinajstić information content (AvgIpc) is 2.40. The molecule has 0 heterocycles. The van der Waals surface area contributed by atoms with Crippen LogP contribution in [0.5, 0.6) is 0 Å². The Bertz CT molecular complexity index is 601. The molecule has 0 fully saturated rings. The highest BCUT2D eigenvalue weighted by Gasteiger charge is 2.10. The fraction of sp³-hybridized carbons (Fsp3) is 0.333. The van der Waals surface area contributed by atoms with Gasteiger partial charge in [-0.05, 0) is 62.1 Å². The van der Waals surface area contributed by atoms with Crippen LogP contribution in [0.25, 0.3) is 0 Å². The maximum Gasteiger partial charge on any atom is 0.0417 e. The van der Waals surface area contributed by atoms with Gasteiger partial charge in [0.25, 0.3) is 0 Å². The number of nitrogens with two attached hydrogens (primary N) is 1. The molecule has 0 radical (unpaired) electrons. The molecule has 2 N–H and O–H groups in total. The lowest BCUT2D eigenvalue weighted by Gasteiger charge is -2.16. The molecule has 2 aromatic carbocycles. The van der Waals surface area contributed by atoms with E-state index in [1.807, 2.05) is 18.2 Å². The topological polar surface area (TPSA) is 26.0 Å². The minimum atomic E-state index is 0.147. The standard InChI is InChI=1S/C18H22ClNS/c1-12-7-13(2)18(14(3)8-12)10-16(20)11-21-17-6-4-5-15(19)9-17/h4-9,16H,10-11,20H2,1-3H3. The van der Waals surface area contributed by atoms with Crippen LogP contribution in [0.15, 0.2) is 41.3 Å². The minimum Gasteiger partial charge on any atom is -0.327 e. The summed E-state index contributed by atoms with van der Waals surface area (Å²) in [6, 6.07) is 12.6. The van der Waals surface area contributed by atoms with Gasteiger partial charge in [0.15, 0.2) is 0 Å². The highest BCUT2D eigenvalue weighted by atomic mass is 35.5. The quantitative estimate of drug-likeness (QED) is 0.791. The van der Waals surface area contributed by atoms with Crippen molar-refractivity contribution >= 4 is 23.4 Å². The summed E-state index contributed by atoms with van der Waals surface area (Å²) >= 11 is 7.77. The molecule has 0 aromatic heterocycles. The molecule has 0 amide bonds. The molecule has 2 rings (SSSR count). The van der Waals surface area contributed by atoms with Gasteiger partial charge < -0.3 is 5.73 Å². The van der Waals surface area contributed by atoms with Gasteiger partial charge in [0.1, 0.15) is 0 Å². The summed E-state index contributed by atoms with van der Waals surface area (Å²) in [7, 11) is 0. The molecule has 2 aromatic rings. The molecule has 0 saturated heterocycles. The Kier molecular flexibility index (Phi) is 5.74. The van der Waals surface area contributed by atoms with Gasteiger partial charge >= 0.3 is 0 Å². The normalized spacial score (nSPS) is 12.4. The lowest BCUT2D eigenvalue weighted by Crippen LogP contribution is -2.26. The third-order valence-electron chi connectivity index (χ3n) is 3.57. The molecule has 1 atom stereocenters. The van der Waals surface area contributed by atoms with E-state index < -0.39 is 0 Å². The summed E-state index contributed by atoms with van der Waals surface area (Å²) in [6.45, 7) is 6.48. The van der Waals surface area contributed by atoms with E-state index in [-0.39, 0.29) is 6.04 Å². The van der Waals surface area contributed by atoms with E-state index >= 15 is 0 Å². The molecule has 0 aliphatic heterocycles. The van der Waals surface area contributed by atoms with Gasteiger partial charge in [0.2, 0.25) is 0 Å². The van der Waals surface area contributed by atoms with E-state index in [0.29, 0.717) is 0 Å². The van der Waals surface area contributed by atoms with Crippen LogP contribution in [-0.4, -0.2) is 11.8 Å². The Balaban J connectivity index is 1.97. The zero-order valence-electron chi connectivity index (χ0n) is 12.8. The number of hydrogen-bond donors (Lipinski definition) is 1. The van der Waals surface area contributed by atoms with Crippen LogP contribution in [0.3, 0.4) is 0 Å². The molecule has 0 saturated carbocycles. The zero-order chi connectivity index (χ0) is 15.4. The third-order valence-corrected chi connectivity index (χ3v) is 4.98. The zero-order valence-corrected chi connectivity index (χ0v) is 14.4. The van der Waals surface area contributed by atoms with Gasteiger partial charge in [-0.2, -0.15) is 0 Å². The van der Waals surface area contributed by atoms with Crippen molar-refractivity contribution in [3.8, 4) is 0 Å². The number of halogens is 1. The van der Waals surface area contributed by atoms with Crippen molar-refractivity contribution in [2.75, 3.05) is 5.75 Å². The van der Waals surface area contributed by atoms with Gasteiger partial charge in [-0.25, -0.2) is 0 Å². The van der Waals surface area contributed by atoms with Crippen LogP contribution in [-0.2, 0) is 6.42 Å². The summed E-state index contributed by atoms with van der Waals surface area (Å²) in [6.07, 6.45) is 0.922. The first-order valence-corrected chi connectivity index (χ1v) is 8.52. The van der Waals surface area contributed by atoms with Gasteiger partial charge in [0.05, 0.1) is 0 Å². The lowest BCUT2D eigenvalue weighted by atomic mass is 9.95. The summed E-state index contributed by atoms with van der Waals surface area (Å²) in [4.78, 5) is 1.18. The fourth-order valence-corrected chi connectivity index (χ4v) is 3.78. The van der Waals surface area contributed by atoms with E-state index in [4.69, 9.17) is 17.3 Å². The first kappa shape index (κ1) is 16.4. The van der Waals surface area contributed by atoms with Crippen molar-refractivity contribution in [3.05, 3.63) is 63.7 Å².